The Kier molecular flexibility index (Phi) is 6.18. The van der Waals surface area contributed by atoms with E-state index in [1.165, 1.54) is 12.5 Å². The smallest absolute Gasteiger partial charge is 0.222 e. The monoisotopic (exact) mass is 356 g/mol. The summed E-state index contributed by atoms with van der Waals surface area (Å²) < 4.78 is 14.5. The molecule has 1 aliphatic heterocycles. The molecule has 21 heavy (non-hydrogen) atoms. The maximum absolute atomic E-state index is 13.7. The summed E-state index contributed by atoms with van der Waals surface area (Å²) in [5.41, 5.74) is 0.607. The first kappa shape index (κ1) is 16.4. The maximum atomic E-state index is 13.7. The van der Waals surface area contributed by atoms with Gasteiger partial charge in [-0.05, 0) is 56.5 Å². The molecule has 5 heteroatoms. The summed E-state index contributed by atoms with van der Waals surface area (Å²) in [6.45, 7) is 2.61. The molecule has 0 spiro atoms. The highest BCUT2D eigenvalue weighted by Gasteiger charge is 2.23. The molecule has 0 aromatic heterocycles. The number of nitrogens with one attached hydrogen (secondary N) is 1. The fraction of sp³-hybridized carbons (Fsp3) is 0.562. The minimum Gasteiger partial charge on any atom is -0.342 e. The van der Waals surface area contributed by atoms with Crippen LogP contribution in [0.5, 0.6) is 0 Å². The molecule has 0 bridgehead atoms. The topological polar surface area (TPSA) is 32.3 Å². The molecule has 1 heterocycles. The molecule has 1 amide bonds. The van der Waals surface area contributed by atoms with Crippen molar-refractivity contribution >= 4 is 21.8 Å². The lowest BCUT2D eigenvalue weighted by Crippen LogP contribution is -2.42. The highest BCUT2D eigenvalue weighted by molar-refractivity contribution is 9.10. The van der Waals surface area contributed by atoms with E-state index in [0.29, 0.717) is 24.3 Å². The van der Waals surface area contributed by atoms with Crippen LogP contribution in [0.1, 0.15) is 24.8 Å². The molecule has 2 rings (SSSR count). The van der Waals surface area contributed by atoms with Gasteiger partial charge in [-0.25, -0.2) is 4.39 Å². The molecule has 0 saturated carbocycles. The van der Waals surface area contributed by atoms with Crippen LogP contribution in [0.4, 0.5) is 4.39 Å². The van der Waals surface area contributed by atoms with E-state index in [2.05, 4.69) is 21.2 Å². The molecule has 3 nitrogen and oxygen atoms in total. The fourth-order valence-corrected chi connectivity index (χ4v) is 3.20. The van der Waals surface area contributed by atoms with E-state index >= 15 is 0 Å². The Morgan fingerprint density at radius 1 is 1.52 bits per heavy atom. The standard InChI is InChI=1S/C16H22BrFN2O/c1-19-10-12-3-2-8-20(11-12)16(21)7-5-13-4-6-14(17)9-15(13)18/h4,6,9,12,19H,2-3,5,7-8,10-11H2,1H3/t12-/m0/s1. The van der Waals surface area contributed by atoms with Gasteiger partial charge in [0, 0.05) is 24.0 Å². The van der Waals surface area contributed by atoms with E-state index in [1.807, 2.05) is 18.0 Å². The van der Waals surface area contributed by atoms with Gasteiger partial charge in [0.1, 0.15) is 5.82 Å². The molecule has 0 radical (unpaired) electrons. The van der Waals surface area contributed by atoms with Gasteiger partial charge in [0.2, 0.25) is 5.91 Å². The largest absolute Gasteiger partial charge is 0.342 e. The van der Waals surface area contributed by atoms with Crippen LogP contribution in [0.15, 0.2) is 22.7 Å². The van der Waals surface area contributed by atoms with Crippen LogP contribution in [-0.2, 0) is 11.2 Å². The summed E-state index contributed by atoms with van der Waals surface area (Å²) in [4.78, 5) is 14.2. The fourth-order valence-electron chi connectivity index (χ4n) is 2.87. The molecule has 1 fully saturated rings. The SMILES string of the molecule is CNC[C@@H]1CCCN(C(=O)CCc2ccc(Br)cc2F)C1. The van der Waals surface area contributed by atoms with Crippen molar-refractivity contribution in [2.24, 2.45) is 5.92 Å². The van der Waals surface area contributed by atoms with Gasteiger partial charge >= 0.3 is 0 Å². The van der Waals surface area contributed by atoms with Gasteiger partial charge in [0.25, 0.3) is 0 Å². The van der Waals surface area contributed by atoms with E-state index in [9.17, 15) is 9.18 Å². The first-order chi connectivity index (χ1) is 10.1. The summed E-state index contributed by atoms with van der Waals surface area (Å²) in [6.07, 6.45) is 3.08. The second-order valence-corrected chi connectivity index (χ2v) is 6.56. The zero-order valence-electron chi connectivity index (χ0n) is 12.4. The van der Waals surface area contributed by atoms with Crippen molar-refractivity contribution < 1.29 is 9.18 Å². The van der Waals surface area contributed by atoms with E-state index < -0.39 is 0 Å². The number of hydrogen-bond donors (Lipinski definition) is 1. The van der Waals surface area contributed by atoms with Gasteiger partial charge in [-0.15, -0.1) is 0 Å². The van der Waals surface area contributed by atoms with Crippen LogP contribution in [0.25, 0.3) is 0 Å². The van der Waals surface area contributed by atoms with Gasteiger partial charge in [-0.1, -0.05) is 22.0 Å². The molecule has 1 aromatic rings. The van der Waals surface area contributed by atoms with Gasteiger partial charge < -0.3 is 10.2 Å². The average Bonchev–Trinajstić information content (AvgIpc) is 2.47. The normalized spacial score (nSPS) is 18.8. The number of carbonyl (C=O) groups excluding carboxylic acids is 1. The van der Waals surface area contributed by atoms with Crippen molar-refractivity contribution in [3.05, 3.63) is 34.1 Å². The Balaban J connectivity index is 1.86. The van der Waals surface area contributed by atoms with Crippen LogP contribution in [-0.4, -0.2) is 37.5 Å². The minimum absolute atomic E-state index is 0.137. The van der Waals surface area contributed by atoms with E-state index in [0.717, 1.165) is 30.5 Å². The quantitative estimate of drug-likeness (QED) is 0.879. The van der Waals surface area contributed by atoms with E-state index in [1.54, 1.807) is 6.07 Å². The molecule has 0 unspecified atom stereocenters. The average molecular weight is 357 g/mol. The number of halogens is 2. The molecule has 116 valence electrons. The van der Waals surface area contributed by atoms with Gasteiger partial charge in [0.05, 0.1) is 0 Å². The van der Waals surface area contributed by atoms with Crippen molar-refractivity contribution in [1.82, 2.24) is 10.2 Å². The number of carbonyl (C=O) groups is 1. The molecule has 1 saturated heterocycles. The summed E-state index contributed by atoms with van der Waals surface area (Å²) in [7, 11) is 1.94. The zero-order chi connectivity index (χ0) is 15.2. The van der Waals surface area contributed by atoms with Crippen LogP contribution >= 0.6 is 15.9 Å². The second kappa shape index (κ2) is 7.90. The van der Waals surface area contributed by atoms with E-state index in [-0.39, 0.29) is 11.7 Å². The predicted octanol–water partition coefficient (Wildman–Crippen LogP) is 2.98. The highest BCUT2D eigenvalue weighted by Crippen LogP contribution is 2.19. The van der Waals surface area contributed by atoms with Crippen LogP contribution in [0.3, 0.4) is 0 Å². The molecule has 1 N–H and O–H groups in total. The number of piperidine rings is 1. The number of rotatable bonds is 5. The van der Waals surface area contributed by atoms with E-state index in [4.69, 9.17) is 0 Å². The maximum Gasteiger partial charge on any atom is 0.222 e. The number of likely N-dealkylation sites (tertiary alicyclic amines) is 1. The van der Waals surface area contributed by atoms with Crippen molar-refractivity contribution in [3.8, 4) is 0 Å². The zero-order valence-corrected chi connectivity index (χ0v) is 14.0. The summed E-state index contributed by atoms with van der Waals surface area (Å²) in [6, 6.07) is 5.00. The third kappa shape index (κ3) is 4.78. The second-order valence-electron chi connectivity index (χ2n) is 5.64. The number of nitrogens with zero attached hydrogens (tertiary/aromatic N) is 1. The number of benzene rings is 1. The Hall–Kier alpha value is -0.940. The van der Waals surface area contributed by atoms with Gasteiger partial charge in [-0.3, -0.25) is 4.79 Å². The van der Waals surface area contributed by atoms with Crippen LogP contribution in [0, 0.1) is 11.7 Å². The number of amides is 1. The summed E-state index contributed by atoms with van der Waals surface area (Å²) >= 11 is 3.24. The Morgan fingerprint density at radius 3 is 3.05 bits per heavy atom. The van der Waals surface area contributed by atoms with Crippen molar-refractivity contribution in [2.45, 2.75) is 25.7 Å². The third-order valence-corrected chi connectivity index (χ3v) is 4.48. The first-order valence-electron chi connectivity index (χ1n) is 7.46. The molecule has 1 aromatic carbocycles. The lowest BCUT2D eigenvalue weighted by atomic mass is 9.97. The lowest BCUT2D eigenvalue weighted by molar-refractivity contribution is -0.132. The predicted molar refractivity (Wildman–Crippen MR) is 85.7 cm³/mol. The Labute approximate surface area is 134 Å². The molecule has 0 aliphatic carbocycles. The highest BCUT2D eigenvalue weighted by atomic mass is 79.9. The summed E-state index contributed by atoms with van der Waals surface area (Å²) in [5.74, 6) is 0.430. The molecular formula is C16H22BrFN2O. The van der Waals surface area contributed by atoms with Crippen LogP contribution in [0.2, 0.25) is 0 Å². The lowest BCUT2D eigenvalue weighted by Gasteiger charge is -2.32. The number of aryl methyl sites for hydroxylation is 1. The molecule has 1 atom stereocenters. The number of hydrogen-bond acceptors (Lipinski definition) is 2. The summed E-state index contributed by atoms with van der Waals surface area (Å²) in [5, 5.41) is 3.18. The molecule has 1 aliphatic rings. The minimum atomic E-state index is -0.246. The Bertz CT molecular complexity index is 493. The van der Waals surface area contributed by atoms with Gasteiger partial charge in [-0.2, -0.15) is 0 Å². The van der Waals surface area contributed by atoms with Crippen molar-refractivity contribution in [3.63, 3.8) is 0 Å². The first-order valence-corrected chi connectivity index (χ1v) is 8.25. The Morgan fingerprint density at radius 2 is 2.33 bits per heavy atom. The molecular weight excluding hydrogens is 335 g/mol. The third-order valence-electron chi connectivity index (χ3n) is 3.99. The van der Waals surface area contributed by atoms with Crippen molar-refractivity contribution in [2.75, 3.05) is 26.7 Å². The van der Waals surface area contributed by atoms with Crippen LogP contribution < -0.4 is 5.32 Å². The van der Waals surface area contributed by atoms with Crippen molar-refractivity contribution in [1.29, 1.82) is 0 Å². The van der Waals surface area contributed by atoms with Gasteiger partial charge in [0.15, 0.2) is 0 Å².